The van der Waals surface area contributed by atoms with Crippen LogP contribution in [0.4, 0.5) is 0 Å². The molecule has 0 bridgehead atoms. The number of likely N-dealkylation sites (tertiary alicyclic amines) is 1. The summed E-state index contributed by atoms with van der Waals surface area (Å²) in [6, 6.07) is 10.3. The van der Waals surface area contributed by atoms with Crippen LogP contribution in [-0.4, -0.2) is 35.4 Å². The SMILES string of the molecule is Cc1ccsc1-c1ccc([C@H](C)CC(=O)[C@@H]2CCCN2C(=O)C(C=N)C(C)(C)C)cc1. The quantitative estimate of drug-likeness (QED) is 0.532. The number of benzene rings is 1. The van der Waals surface area contributed by atoms with E-state index >= 15 is 0 Å². The number of hydrogen-bond donors (Lipinski definition) is 1. The molecular weight excluding hydrogens is 404 g/mol. The summed E-state index contributed by atoms with van der Waals surface area (Å²) in [5.74, 6) is -0.341. The van der Waals surface area contributed by atoms with Crippen molar-refractivity contribution in [2.75, 3.05) is 6.54 Å². The van der Waals surface area contributed by atoms with E-state index in [2.05, 4.69) is 49.6 Å². The van der Waals surface area contributed by atoms with Crippen molar-refractivity contribution < 1.29 is 9.59 Å². The number of thiophene rings is 1. The lowest BCUT2D eigenvalue weighted by Crippen LogP contribution is -2.47. The van der Waals surface area contributed by atoms with Crippen molar-refractivity contribution in [1.82, 2.24) is 4.90 Å². The predicted molar refractivity (Wildman–Crippen MR) is 129 cm³/mol. The van der Waals surface area contributed by atoms with Gasteiger partial charge in [-0.2, -0.15) is 0 Å². The van der Waals surface area contributed by atoms with Crippen LogP contribution in [0.5, 0.6) is 0 Å². The fourth-order valence-corrected chi connectivity index (χ4v) is 5.36. The second kappa shape index (κ2) is 9.47. The molecular formula is C26H34N2O2S. The molecule has 166 valence electrons. The van der Waals surface area contributed by atoms with Crippen LogP contribution in [0, 0.1) is 23.7 Å². The molecule has 1 N–H and O–H groups in total. The fraction of sp³-hybridized carbons (Fsp3) is 0.500. The third kappa shape index (κ3) is 5.15. The van der Waals surface area contributed by atoms with Gasteiger partial charge in [0.25, 0.3) is 0 Å². The van der Waals surface area contributed by atoms with E-state index in [4.69, 9.17) is 5.41 Å². The van der Waals surface area contributed by atoms with Crippen molar-refractivity contribution in [3.05, 3.63) is 46.8 Å². The molecule has 1 aliphatic heterocycles. The van der Waals surface area contributed by atoms with Crippen molar-refractivity contribution in [1.29, 1.82) is 5.41 Å². The molecule has 1 aromatic heterocycles. The fourth-order valence-electron chi connectivity index (χ4n) is 4.42. The molecule has 1 aliphatic rings. The molecule has 4 nitrogen and oxygen atoms in total. The van der Waals surface area contributed by atoms with Crippen molar-refractivity contribution in [3.63, 3.8) is 0 Å². The van der Waals surface area contributed by atoms with Gasteiger partial charge in [-0.1, -0.05) is 52.0 Å². The summed E-state index contributed by atoms with van der Waals surface area (Å²) >= 11 is 1.75. The van der Waals surface area contributed by atoms with Gasteiger partial charge in [-0.3, -0.25) is 9.59 Å². The highest BCUT2D eigenvalue weighted by molar-refractivity contribution is 7.13. The second-order valence-corrected chi connectivity index (χ2v) is 10.7. The smallest absolute Gasteiger partial charge is 0.232 e. The van der Waals surface area contributed by atoms with Crippen LogP contribution in [-0.2, 0) is 9.59 Å². The minimum absolute atomic E-state index is 0.0818. The Balaban J connectivity index is 1.68. The molecule has 0 aliphatic carbocycles. The van der Waals surface area contributed by atoms with Gasteiger partial charge < -0.3 is 10.3 Å². The van der Waals surface area contributed by atoms with E-state index in [9.17, 15) is 9.59 Å². The Bertz CT molecular complexity index is 939. The first kappa shape index (κ1) is 23.4. The second-order valence-electron chi connectivity index (χ2n) is 9.83. The minimum atomic E-state index is -0.494. The molecule has 2 heterocycles. The lowest BCUT2D eigenvalue weighted by Gasteiger charge is -2.33. The van der Waals surface area contributed by atoms with Gasteiger partial charge in [-0.05, 0) is 59.2 Å². The number of Topliss-reactive ketones (excluding diaryl/α,β-unsaturated/α-hetero) is 1. The summed E-state index contributed by atoms with van der Waals surface area (Å²) in [6.45, 7) is 10.7. The Morgan fingerprint density at radius 1 is 1.23 bits per heavy atom. The monoisotopic (exact) mass is 438 g/mol. The molecule has 31 heavy (non-hydrogen) atoms. The largest absolute Gasteiger partial charge is 0.332 e. The number of ketones is 1. The van der Waals surface area contributed by atoms with Gasteiger partial charge in [-0.25, -0.2) is 0 Å². The summed E-state index contributed by atoms with van der Waals surface area (Å²) in [5, 5.41) is 9.84. The number of rotatable bonds is 7. The summed E-state index contributed by atoms with van der Waals surface area (Å²) in [7, 11) is 0. The highest BCUT2D eigenvalue weighted by Gasteiger charge is 2.40. The van der Waals surface area contributed by atoms with Gasteiger partial charge >= 0.3 is 0 Å². The molecule has 1 saturated heterocycles. The zero-order valence-electron chi connectivity index (χ0n) is 19.3. The summed E-state index contributed by atoms with van der Waals surface area (Å²) in [5.41, 5.74) is 3.31. The Labute approximate surface area is 190 Å². The zero-order valence-corrected chi connectivity index (χ0v) is 20.1. The van der Waals surface area contributed by atoms with Crippen LogP contribution < -0.4 is 0 Å². The molecule has 0 radical (unpaired) electrons. The zero-order chi connectivity index (χ0) is 22.8. The van der Waals surface area contributed by atoms with E-state index in [-0.39, 0.29) is 29.1 Å². The van der Waals surface area contributed by atoms with E-state index in [0.29, 0.717) is 13.0 Å². The standard InChI is InChI=1S/C26H34N2O2S/c1-17-12-14-31-24(17)20-10-8-19(9-11-20)18(2)15-23(29)22-7-6-13-28(22)25(30)21(16-27)26(3,4)5/h8-12,14,16,18,21-22,27H,6-7,13,15H2,1-5H3/t18-,21?,22+/m1/s1. The van der Waals surface area contributed by atoms with E-state index in [1.165, 1.54) is 22.2 Å². The third-order valence-electron chi connectivity index (χ3n) is 6.38. The minimum Gasteiger partial charge on any atom is -0.332 e. The molecule has 1 aromatic carbocycles. The number of carbonyl (C=O) groups excluding carboxylic acids is 2. The highest BCUT2D eigenvalue weighted by atomic mass is 32.1. The molecule has 5 heteroatoms. The summed E-state index contributed by atoms with van der Waals surface area (Å²) in [4.78, 5) is 29.3. The van der Waals surface area contributed by atoms with Crippen LogP contribution in [0.1, 0.15) is 64.0 Å². The normalized spacial score (nSPS) is 18.6. The van der Waals surface area contributed by atoms with Gasteiger partial charge in [0.2, 0.25) is 5.91 Å². The topological polar surface area (TPSA) is 61.2 Å². The predicted octanol–water partition coefficient (Wildman–Crippen LogP) is 6.09. The van der Waals surface area contributed by atoms with E-state index in [0.717, 1.165) is 18.4 Å². The van der Waals surface area contributed by atoms with Crippen molar-refractivity contribution in [2.45, 2.75) is 65.8 Å². The molecule has 1 fully saturated rings. The maximum Gasteiger partial charge on any atom is 0.232 e. The third-order valence-corrected chi connectivity index (χ3v) is 7.45. The molecule has 0 spiro atoms. The summed E-state index contributed by atoms with van der Waals surface area (Å²) in [6.07, 6.45) is 3.24. The average molecular weight is 439 g/mol. The van der Waals surface area contributed by atoms with E-state index in [1.54, 1.807) is 16.2 Å². The number of carbonyl (C=O) groups is 2. The molecule has 1 amide bonds. The first-order chi connectivity index (χ1) is 14.6. The van der Waals surface area contributed by atoms with Gasteiger partial charge in [0.15, 0.2) is 5.78 Å². The maximum absolute atomic E-state index is 13.2. The Kier molecular flexibility index (Phi) is 7.15. The number of amides is 1. The molecule has 0 saturated carbocycles. The molecule has 1 unspecified atom stereocenters. The van der Waals surface area contributed by atoms with Crippen LogP contribution >= 0.6 is 11.3 Å². The lowest BCUT2D eigenvalue weighted by atomic mass is 9.80. The number of nitrogens with one attached hydrogen (secondary N) is 1. The van der Waals surface area contributed by atoms with Crippen LogP contribution in [0.15, 0.2) is 35.7 Å². The van der Waals surface area contributed by atoms with Crippen LogP contribution in [0.25, 0.3) is 10.4 Å². The van der Waals surface area contributed by atoms with Crippen molar-refractivity contribution in [3.8, 4) is 10.4 Å². The van der Waals surface area contributed by atoms with Crippen molar-refractivity contribution in [2.24, 2.45) is 11.3 Å². The Hall–Kier alpha value is -2.27. The van der Waals surface area contributed by atoms with E-state index in [1.807, 2.05) is 20.8 Å². The molecule has 3 rings (SSSR count). The van der Waals surface area contributed by atoms with Gasteiger partial charge in [-0.15, -0.1) is 11.3 Å². The average Bonchev–Trinajstić information content (AvgIpc) is 3.36. The highest BCUT2D eigenvalue weighted by Crippen LogP contribution is 2.33. The molecule has 2 aromatic rings. The van der Waals surface area contributed by atoms with Crippen LogP contribution in [0.2, 0.25) is 0 Å². The van der Waals surface area contributed by atoms with E-state index < -0.39 is 5.92 Å². The van der Waals surface area contributed by atoms with Crippen LogP contribution in [0.3, 0.4) is 0 Å². The maximum atomic E-state index is 13.2. The van der Waals surface area contributed by atoms with Crippen molar-refractivity contribution >= 4 is 29.2 Å². The molecule has 3 atom stereocenters. The summed E-state index contributed by atoms with van der Waals surface area (Å²) < 4.78 is 0. The Morgan fingerprint density at radius 2 is 1.90 bits per heavy atom. The van der Waals surface area contributed by atoms with Gasteiger partial charge in [0, 0.05) is 24.1 Å². The first-order valence-corrected chi connectivity index (χ1v) is 12.0. The lowest BCUT2D eigenvalue weighted by molar-refractivity contribution is -0.141. The first-order valence-electron chi connectivity index (χ1n) is 11.1. The van der Waals surface area contributed by atoms with Gasteiger partial charge in [0.05, 0.1) is 12.0 Å². The number of hydrogen-bond acceptors (Lipinski definition) is 4. The number of nitrogens with zero attached hydrogens (tertiary/aromatic N) is 1. The number of aryl methyl sites for hydroxylation is 1. The Morgan fingerprint density at radius 3 is 2.45 bits per heavy atom. The van der Waals surface area contributed by atoms with Gasteiger partial charge in [0.1, 0.15) is 0 Å².